The fraction of sp³-hybridized carbons (Fsp3) is 0.400. The zero-order chi connectivity index (χ0) is 13.8. The molecular weight excluding hydrogens is 302 g/mol. The van der Waals surface area contributed by atoms with Gasteiger partial charge in [-0.15, -0.1) is 0 Å². The van der Waals surface area contributed by atoms with Crippen LogP contribution in [0.5, 0.6) is 0 Å². The first-order valence-electron chi connectivity index (χ1n) is 6.58. The Morgan fingerprint density at radius 2 is 2.21 bits per heavy atom. The molecule has 3 nitrogen and oxygen atoms in total. The lowest BCUT2D eigenvalue weighted by Crippen LogP contribution is -2.20. The molecule has 0 saturated carbocycles. The highest BCUT2D eigenvalue weighted by atomic mass is 79.9. The number of aryl methyl sites for hydroxylation is 1. The van der Waals surface area contributed by atoms with Crippen LogP contribution >= 0.6 is 15.9 Å². The minimum Gasteiger partial charge on any atom is -0.306 e. The van der Waals surface area contributed by atoms with Crippen molar-refractivity contribution >= 4 is 15.9 Å². The minimum atomic E-state index is 0.372. The molecule has 0 fully saturated rings. The molecule has 4 heteroatoms. The van der Waals surface area contributed by atoms with Crippen LogP contribution in [0.1, 0.15) is 36.2 Å². The van der Waals surface area contributed by atoms with E-state index in [-0.39, 0.29) is 0 Å². The summed E-state index contributed by atoms with van der Waals surface area (Å²) < 4.78 is 3.04. The smallest absolute Gasteiger partial charge is 0.0537 e. The first-order chi connectivity index (χ1) is 9.11. The van der Waals surface area contributed by atoms with Gasteiger partial charge >= 0.3 is 0 Å². The van der Waals surface area contributed by atoms with E-state index in [1.165, 1.54) is 16.8 Å². The van der Waals surface area contributed by atoms with E-state index >= 15 is 0 Å². The normalized spacial score (nSPS) is 12.6. The summed E-state index contributed by atoms with van der Waals surface area (Å²) >= 11 is 3.53. The van der Waals surface area contributed by atoms with Gasteiger partial charge in [0, 0.05) is 35.4 Å². The van der Waals surface area contributed by atoms with Gasteiger partial charge in [0.1, 0.15) is 0 Å². The van der Waals surface area contributed by atoms with Crippen LogP contribution in [0.2, 0.25) is 0 Å². The SMILES string of the molecule is CCC(NCc1cnn(C)c1C)c1cccc(Br)c1. The molecule has 102 valence electrons. The second kappa shape index (κ2) is 6.35. The first-order valence-corrected chi connectivity index (χ1v) is 7.37. The number of halogens is 1. The van der Waals surface area contributed by atoms with E-state index in [1.54, 1.807) is 0 Å². The van der Waals surface area contributed by atoms with Crippen LogP contribution in [-0.4, -0.2) is 9.78 Å². The van der Waals surface area contributed by atoms with Gasteiger partial charge in [0.15, 0.2) is 0 Å². The number of aromatic nitrogens is 2. The average Bonchev–Trinajstić information content (AvgIpc) is 2.71. The lowest BCUT2D eigenvalue weighted by atomic mass is 10.0. The molecular formula is C15H20BrN3. The molecule has 1 heterocycles. The minimum absolute atomic E-state index is 0.372. The van der Waals surface area contributed by atoms with Crippen LogP contribution in [0.3, 0.4) is 0 Å². The van der Waals surface area contributed by atoms with Crippen molar-refractivity contribution in [3.63, 3.8) is 0 Å². The van der Waals surface area contributed by atoms with Gasteiger partial charge in [0.25, 0.3) is 0 Å². The van der Waals surface area contributed by atoms with Crippen molar-refractivity contribution in [2.24, 2.45) is 7.05 Å². The van der Waals surface area contributed by atoms with Crippen molar-refractivity contribution in [2.75, 3.05) is 0 Å². The second-order valence-corrected chi connectivity index (χ2v) is 5.69. The monoisotopic (exact) mass is 321 g/mol. The molecule has 0 saturated heterocycles. The van der Waals surface area contributed by atoms with Crippen molar-refractivity contribution in [3.8, 4) is 0 Å². The molecule has 1 unspecified atom stereocenters. The van der Waals surface area contributed by atoms with Crippen molar-refractivity contribution in [3.05, 3.63) is 51.8 Å². The standard InChI is InChI=1S/C15H20BrN3/c1-4-15(12-6-5-7-14(16)8-12)17-9-13-10-18-19(3)11(13)2/h5-8,10,15,17H,4,9H2,1-3H3. The van der Waals surface area contributed by atoms with Gasteiger partial charge < -0.3 is 5.32 Å². The lowest BCUT2D eigenvalue weighted by molar-refractivity contribution is 0.517. The highest BCUT2D eigenvalue weighted by Crippen LogP contribution is 2.21. The highest BCUT2D eigenvalue weighted by molar-refractivity contribution is 9.10. The Morgan fingerprint density at radius 1 is 1.42 bits per heavy atom. The van der Waals surface area contributed by atoms with Crippen molar-refractivity contribution in [1.82, 2.24) is 15.1 Å². The van der Waals surface area contributed by atoms with Crippen LogP contribution in [0.15, 0.2) is 34.9 Å². The van der Waals surface area contributed by atoms with E-state index < -0.39 is 0 Å². The summed E-state index contributed by atoms with van der Waals surface area (Å²) in [6.45, 7) is 5.16. The molecule has 0 aliphatic carbocycles. The number of rotatable bonds is 5. The maximum atomic E-state index is 4.28. The van der Waals surface area contributed by atoms with Crippen LogP contribution < -0.4 is 5.32 Å². The summed E-state index contributed by atoms with van der Waals surface area (Å²) in [5.74, 6) is 0. The Labute approximate surface area is 123 Å². The van der Waals surface area contributed by atoms with Crippen molar-refractivity contribution in [1.29, 1.82) is 0 Å². The highest BCUT2D eigenvalue weighted by Gasteiger charge is 2.10. The zero-order valence-corrected chi connectivity index (χ0v) is 13.2. The number of benzene rings is 1. The predicted molar refractivity (Wildman–Crippen MR) is 82.0 cm³/mol. The average molecular weight is 322 g/mol. The largest absolute Gasteiger partial charge is 0.306 e. The van der Waals surface area contributed by atoms with Gasteiger partial charge in [0.2, 0.25) is 0 Å². The Hall–Kier alpha value is -1.13. The van der Waals surface area contributed by atoms with Gasteiger partial charge in [0.05, 0.1) is 6.20 Å². The van der Waals surface area contributed by atoms with Crippen LogP contribution in [0.4, 0.5) is 0 Å². The van der Waals surface area contributed by atoms with Crippen LogP contribution in [-0.2, 0) is 13.6 Å². The van der Waals surface area contributed by atoms with E-state index in [0.717, 1.165) is 17.4 Å². The number of hydrogen-bond acceptors (Lipinski definition) is 2. The molecule has 0 spiro atoms. The number of nitrogens with zero attached hydrogens (tertiary/aromatic N) is 2. The number of nitrogens with one attached hydrogen (secondary N) is 1. The third-order valence-electron chi connectivity index (χ3n) is 3.54. The molecule has 1 aromatic carbocycles. The summed E-state index contributed by atoms with van der Waals surface area (Å²) in [5, 5.41) is 7.89. The molecule has 2 aromatic rings. The van der Waals surface area contributed by atoms with E-state index in [4.69, 9.17) is 0 Å². The van der Waals surface area contributed by atoms with Gasteiger partial charge in [-0.2, -0.15) is 5.10 Å². The van der Waals surface area contributed by atoms with E-state index in [2.05, 4.69) is 64.5 Å². The molecule has 2 rings (SSSR count). The summed E-state index contributed by atoms with van der Waals surface area (Å²) in [7, 11) is 1.98. The van der Waals surface area contributed by atoms with Crippen molar-refractivity contribution in [2.45, 2.75) is 32.9 Å². The quantitative estimate of drug-likeness (QED) is 0.909. The van der Waals surface area contributed by atoms with E-state index in [1.807, 2.05) is 17.9 Å². The third-order valence-corrected chi connectivity index (χ3v) is 4.03. The Bertz CT molecular complexity index is 548. The second-order valence-electron chi connectivity index (χ2n) is 4.78. The summed E-state index contributed by atoms with van der Waals surface area (Å²) in [6.07, 6.45) is 3.01. The molecule has 1 aromatic heterocycles. The lowest BCUT2D eigenvalue weighted by Gasteiger charge is -2.17. The topological polar surface area (TPSA) is 29.9 Å². The molecule has 0 bridgehead atoms. The van der Waals surface area contributed by atoms with E-state index in [9.17, 15) is 0 Å². The fourth-order valence-electron chi connectivity index (χ4n) is 2.17. The molecule has 0 aliphatic rings. The summed E-state index contributed by atoms with van der Waals surface area (Å²) in [5.41, 5.74) is 3.80. The molecule has 0 amide bonds. The van der Waals surface area contributed by atoms with Gasteiger partial charge in [-0.3, -0.25) is 4.68 Å². The molecule has 1 atom stereocenters. The zero-order valence-electron chi connectivity index (χ0n) is 11.7. The fourth-order valence-corrected chi connectivity index (χ4v) is 2.59. The summed E-state index contributed by atoms with van der Waals surface area (Å²) in [6, 6.07) is 8.86. The molecule has 0 aliphatic heterocycles. The molecule has 0 radical (unpaired) electrons. The first kappa shape index (κ1) is 14.3. The maximum absolute atomic E-state index is 4.28. The van der Waals surface area contributed by atoms with Crippen LogP contribution in [0, 0.1) is 6.92 Å². The maximum Gasteiger partial charge on any atom is 0.0537 e. The van der Waals surface area contributed by atoms with Crippen molar-refractivity contribution < 1.29 is 0 Å². The molecule has 1 N–H and O–H groups in total. The predicted octanol–water partition coefficient (Wildman–Crippen LogP) is 3.73. The Balaban J connectivity index is 2.06. The van der Waals surface area contributed by atoms with Gasteiger partial charge in [-0.05, 0) is 31.0 Å². The third kappa shape index (κ3) is 3.45. The van der Waals surface area contributed by atoms with Crippen LogP contribution in [0.25, 0.3) is 0 Å². The molecule has 19 heavy (non-hydrogen) atoms. The van der Waals surface area contributed by atoms with E-state index in [0.29, 0.717) is 6.04 Å². The Kier molecular flexibility index (Phi) is 4.77. The van der Waals surface area contributed by atoms with Gasteiger partial charge in [-0.1, -0.05) is 35.0 Å². The Morgan fingerprint density at radius 3 is 2.79 bits per heavy atom. The van der Waals surface area contributed by atoms with Gasteiger partial charge in [-0.25, -0.2) is 0 Å². The summed E-state index contributed by atoms with van der Waals surface area (Å²) in [4.78, 5) is 0. The number of hydrogen-bond donors (Lipinski definition) is 1.